The van der Waals surface area contributed by atoms with Crippen LogP contribution in [-0.4, -0.2) is 53.4 Å². The second-order valence-corrected chi connectivity index (χ2v) is 12.2. The second kappa shape index (κ2) is 15.8. The van der Waals surface area contributed by atoms with Crippen LogP contribution in [0.15, 0.2) is 35.3 Å². The zero-order valence-electron chi connectivity index (χ0n) is 24.0. The summed E-state index contributed by atoms with van der Waals surface area (Å²) in [5.41, 5.74) is 0.716. The fourth-order valence-corrected chi connectivity index (χ4v) is 5.18. The number of carboxylic acids is 1. The zero-order chi connectivity index (χ0) is 27.3. The van der Waals surface area contributed by atoms with E-state index >= 15 is 0 Å². The number of aromatic carboxylic acids is 1. The first kappa shape index (κ1) is 30.9. The molecule has 1 aromatic carbocycles. The Labute approximate surface area is 225 Å². The molecule has 0 spiro atoms. The van der Waals surface area contributed by atoms with Gasteiger partial charge in [-0.2, -0.15) is 0 Å². The Kier molecular flexibility index (Phi) is 13.2. The van der Waals surface area contributed by atoms with E-state index in [-0.39, 0.29) is 5.91 Å². The van der Waals surface area contributed by atoms with Crippen molar-refractivity contribution in [1.29, 1.82) is 0 Å². The van der Waals surface area contributed by atoms with Crippen molar-refractivity contribution in [2.75, 3.05) is 19.6 Å². The topological polar surface area (TPSA) is 82.0 Å². The molecule has 0 bridgehead atoms. The van der Waals surface area contributed by atoms with Crippen LogP contribution in [0.5, 0.6) is 0 Å². The molecule has 1 saturated heterocycles. The van der Waals surface area contributed by atoms with Crippen LogP contribution in [0.25, 0.3) is 0 Å². The number of aliphatic imine (C=N–C) groups is 1. The summed E-state index contributed by atoms with van der Waals surface area (Å²) in [4.78, 5) is 30.6. The monoisotopic (exact) mass is 513 g/mol. The molecule has 37 heavy (non-hydrogen) atoms. The molecule has 2 fully saturated rings. The normalized spacial score (nSPS) is 21.0. The summed E-state index contributed by atoms with van der Waals surface area (Å²) in [6.07, 6.45) is 11.8. The van der Waals surface area contributed by atoms with Crippen molar-refractivity contribution in [3.63, 3.8) is 0 Å². The van der Waals surface area contributed by atoms with Crippen LogP contribution in [-0.2, 0) is 4.79 Å². The number of hydrogen-bond acceptors (Lipinski definition) is 3. The molecular formula is C31H51N3O3. The highest BCUT2D eigenvalue weighted by Gasteiger charge is 2.31. The first-order valence-corrected chi connectivity index (χ1v) is 14.5. The van der Waals surface area contributed by atoms with Gasteiger partial charge in [0.05, 0.1) is 11.6 Å². The summed E-state index contributed by atoms with van der Waals surface area (Å²) in [6, 6.07) is 8.61. The van der Waals surface area contributed by atoms with Crippen LogP contribution in [0.4, 0.5) is 0 Å². The maximum Gasteiger partial charge on any atom is 0.335 e. The molecule has 1 aliphatic heterocycles. The molecule has 0 aromatic heterocycles. The third-order valence-electron chi connectivity index (χ3n) is 7.60. The Hall–Kier alpha value is -2.37. The molecule has 2 N–H and O–H groups in total. The number of benzene rings is 1. The van der Waals surface area contributed by atoms with Gasteiger partial charge in [-0.05, 0) is 80.8 Å². The van der Waals surface area contributed by atoms with Crippen LogP contribution in [0.3, 0.4) is 0 Å². The van der Waals surface area contributed by atoms with Gasteiger partial charge in [0.15, 0.2) is 5.84 Å². The molecule has 1 saturated carbocycles. The maximum absolute atomic E-state index is 13.0. The Morgan fingerprint density at radius 1 is 1.00 bits per heavy atom. The van der Waals surface area contributed by atoms with E-state index in [2.05, 4.69) is 44.8 Å². The van der Waals surface area contributed by atoms with Gasteiger partial charge in [0.25, 0.3) is 5.91 Å². The van der Waals surface area contributed by atoms with Crippen LogP contribution >= 0.6 is 0 Å². The van der Waals surface area contributed by atoms with E-state index in [1.165, 1.54) is 38.5 Å². The highest BCUT2D eigenvalue weighted by atomic mass is 16.4. The predicted octanol–water partition coefficient (Wildman–Crippen LogP) is 6.80. The molecular weight excluding hydrogens is 462 g/mol. The lowest BCUT2D eigenvalue weighted by Crippen LogP contribution is -2.45. The number of amidine groups is 1. The van der Waals surface area contributed by atoms with Gasteiger partial charge < -0.3 is 15.3 Å². The van der Waals surface area contributed by atoms with Gasteiger partial charge in [-0.3, -0.25) is 9.79 Å². The quantitative estimate of drug-likeness (QED) is 0.249. The number of amides is 1. The molecule has 1 heterocycles. The summed E-state index contributed by atoms with van der Waals surface area (Å²) in [6.45, 7) is 14.3. The number of carboxylic acid groups (broad SMARTS) is 1. The van der Waals surface area contributed by atoms with E-state index in [9.17, 15) is 9.59 Å². The van der Waals surface area contributed by atoms with Crippen LogP contribution in [0, 0.1) is 17.3 Å². The number of nitrogens with zero attached hydrogens (tertiary/aromatic N) is 2. The van der Waals surface area contributed by atoms with Gasteiger partial charge in [-0.1, -0.05) is 65.7 Å². The highest BCUT2D eigenvalue weighted by Crippen LogP contribution is 2.38. The molecule has 0 radical (unpaired) electrons. The van der Waals surface area contributed by atoms with Crippen LogP contribution in [0.2, 0.25) is 0 Å². The van der Waals surface area contributed by atoms with E-state index in [1.807, 2.05) is 0 Å². The van der Waals surface area contributed by atoms with Gasteiger partial charge in [-0.25, -0.2) is 4.79 Å². The van der Waals surface area contributed by atoms with Crippen molar-refractivity contribution in [3.05, 3.63) is 35.9 Å². The van der Waals surface area contributed by atoms with Crippen molar-refractivity contribution in [1.82, 2.24) is 10.2 Å². The number of likely N-dealkylation sites (tertiary alicyclic amines) is 1. The Balaban J connectivity index is 0.000000449. The molecule has 6 heteroatoms. The lowest BCUT2D eigenvalue weighted by Gasteiger charge is -2.36. The minimum atomic E-state index is -0.879. The van der Waals surface area contributed by atoms with Gasteiger partial charge in [0, 0.05) is 19.6 Å². The Bertz CT molecular complexity index is 829. The first-order chi connectivity index (χ1) is 17.6. The largest absolute Gasteiger partial charge is 0.478 e. The van der Waals surface area contributed by atoms with Gasteiger partial charge in [0.1, 0.15) is 0 Å². The average molecular weight is 514 g/mol. The Morgan fingerprint density at radius 3 is 2.08 bits per heavy atom. The number of rotatable bonds is 6. The van der Waals surface area contributed by atoms with Crippen molar-refractivity contribution in [3.8, 4) is 0 Å². The van der Waals surface area contributed by atoms with Crippen molar-refractivity contribution in [2.24, 2.45) is 22.2 Å². The van der Waals surface area contributed by atoms with Gasteiger partial charge in [-0.15, -0.1) is 0 Å². The number of hydrogen-bond donors (Lipinski definition) is 2. The molecule has 6 nitrogen and oxygen atoms in total. The highest BCUT2D eigenvalue weighted by molar-refractivity contribution is 6.37. The smallest absolute Gasteiger partial charge is 0.335 e. The number of nitrogens with one attached hydrogen (secondary N) is 1. The first-order valence-electron chi connectivity index (χ1n) is 14.5. The third-order valence-corrected chi connectivity index (χ3v) is 7.60. The van der Waals surface area contributed by atoms with E-state index in [4.69, 9.17) is 10.1 Å². The molecule has 208 valence electrons. The predicted molar refractivity (Wildman–Crippen MR) is 153 cm³/mol. The summed E-state index contributed by atoms with van der Waals surface area (Å²) >= 11 is 0. The molecule has 0 unspecified atom stereocenters. The van der Waals surface area contributed by atoms with Crippen molar-refractivity contribution >= 4 is 17.7 Å². The van der Waals surface area contributed by atoms with E-state index in [1.54, 1.807) is 30.3 Å². The molecule has 1 amide bonds. The van der Waals surface area contributed by atoms with Crippen LogP contribution < -0.4 is 5.32 Å². The van der Waals surface area contributed by atoms with Crippen LogP contribution in [0.1, 0.15) is 109 Å². The third kappa shape index (κ3) is 11.7. The fraction of sp³-hybridized carbons (Fsp3) is 0.710. The lowest BCUT2D eigenvalue weighted by molar-refractivity contribution is -0.115. The Morgan fingerprint density at radius 2 is 1.59 bits per heavy atom. The lowest BCUT2D eigenvalue weighted by atomic mass is 9.71. The average Bonchev–Trinajstić information content (AvgIpc) is 3.15. The number of carbonyl (C=O) groups excluding carboxylic acids is 1. The SMILES string of the molecule is CC(C)CCCNC(=O)C(=NC1CCC(C(C)(C)C)CC1)N1CCCCCC1.O=C(O)c1ccccc1. The van der Waals surface area contributed by atoms with E-state index in [0.717, 1.165) is 57.1 Å². The molecule has 1 aromatic rings. The van der Waals surface area contributed by atoms with E-state index in [0.29, 0.717) is 22.9 Å². The minimum absolute atomic E-state index is 0.0589. The molecule has 3 rings (SSSR count). The molecule has 2 aliphatic rings. The van der Waals surface area contributed by atoms with E-state index < -0.39 is 5.97 Å². The van der Waals surface area contributed by atoms with Crippen molar-refractivity contribution < 1.29 is 14.7 Å². The standard InChI is InChI=1S/C24H45N3O.C7H6O2/c1-19(2)11-10-16-25-23(28)22(27-17-8-6-7-9-18-27)26-21-14-12-20(13-15-21)24(3,4)5;8-7(9)6-4-2-1-3-5-6/h19-21H,6-18H2,1-5H3,(H,25,28);1-5H,(H,8,9). The van der Waals surface area contributed by atoms with Gasteiger partial charge in [0.2, 0.25) is 0 Å². The summed E-state index contributed by atoms with van der Waals surface area (Å²) in [5, 5.41) is 11.6. The summed E-state index contributed by atoms with van der Waals surface area (Å²) in [7, 11) is 0. The summed E-state index contributed by atoms with van der Waals surface area (Å²) < 4.78 is 0. The minimum Gasteiger partial charge on any atom is -0.478 e. The fourth-order valence-electron chi connectivity index (χ4n) is 5.18. The maximum atomic E-state index is 13.0. The summed E-state index contributed by atoms with van der Waals surface area (Å²) in [5.74, 6) is 1.38. The zero-order valence-corrected chi connectivity index (χ0v) is 24.0. The second-order valence-electron chi connectivity index (χ2n) is 12.2. The molecule has 1 aliphatic carbocycles. The van der Waals surface area contributed by atoms with Gasteiger partial charge >= 0.3 is 5.97 Å². The van der Waals surface area contributed by atoms with Crippen molar-refractivity contribution in [2.45, 2.75) is 105 Å². The molecule has 0 atom stereocenters. The number of carbonyl (C=O) groups is 2.